The van der Waals surface area contributed by atoms with E-state index in [1.54, 1.807) is 0 Å². The second kappa shape index (κ2) is 8.83. The number of hydrogen-bond acceptors (Lipinski definition) is 2. The lowest BCUT2D eigenvalue weighted by Gasteiger charge is -2.15. The summed E-state index contributed by atoms with van der Waals surface area (Å²) in [5.74, 6) is -0.277. The molecule has 0 aromatic heterocycles. The molecule has 1 N–H and O–H groups in total. The quantitative estimate of drug-likeness (QED) is 0.496. The first-order valence-corrected chi connectivity index (χ1v) is 8.72. The number of benzene rings is 1. The summed E-state index contributed by atoms with van der Waals surface area (Å²) in [6.07, 6.45) is -8.55. The Morgan fingerprint density at radius 3 is 1.96 bits per heavy atom. The Morgan fingerprint density at radius 1 is 1.04 bits per heavy atom. The maximum atomic E-state index is 12.8. The lowest BCUT2D eigenvalue weighted by molar-refractivity contribution is -0.143. The molecular weight excluding hydrogens is 380 g/mol. The van der Waals surface area contributed by atoms with Gasteiger partial charge in [-0.15, -0.1) is 11.8 Å². The van der Waals surface area contributed by atoms with Gasteiger partial charge in [0.15, 0.2) is 0 Å². The van der Waals surface area contributed by atoms with Crippen LogP contribution in [0.3, 0.4) is 0 Å². The van der Waals surface area contributed by atoms with E-state index in [0.717, 1.165) is 11.8 Å². The van der Waals surface area contributed by atoms with E-state index in [4.69, 9.17) is 0 Å². The van der Waals surface area contributed by atoms with E-state index in [9.17, 15) is 31.1 Å². The number of nitrogens with one attached hydrogen (secondary N) is 1. The summed E-state index contributed by atoms with van der Waals surface area (Å²) >= 11 is 0.933. The molecule has 0 aliphatic carbocycles. The van der Waals surface area contributed by atoms with E-state index in [-0.39, 0.29) is 35.2 Å². The number of rotatable bonds is 6. The zero-order valence-electron chi connectivity index (χ0n) is 14.3. The fraction of sp³-hybridized carbons (Fsp3) is 0.471. The normalized spacial score (nSPS) is 14.1. The van der Waals surface area contributed by atoms with Crippen LogP contribution in [0.5, 0.6) is 0 Å². The van der Waals surface area contributed by atoms with Crippen molar-refractivity contribution >= 4 is 17.7 Å². The largest absolute Gasteiger partial charge is 0.416 e. The standard InChI is InChI=1S/C17H19F6NOS/c1-10(2)11(3)24-15(25)4-5-26-9-12-6-13(16(18,19)20)8-14(7-12)17(21,22)23/h4-8,10-11H,9H2,1-3H3,(H,24,25)/b5-4-. The number of thioether (sulfide) groups is 1. The topological polar surface area (TPSA) is 29.1 Å². The Labute approximate surface area is 152 Å². The molecule has 0 spiro atoms. The van der Waals surface area contributed by atoms with E-state index in [2.05, 4.69) is 5.32 Å². The first kappa shape index (κ1) is 22.4. The van der Waals surface area contributed by atoms with Gasteiger partial charge in [0, 0.05) is 17.9 Å². The zero-order chi connectivity index (χ0) is 20.1. The number of carbonyl (C=O) groups is 1. The molecule has 0 bridgehead atoms. The monoisotopic (exact) mass is 399 g/mol. The molecule has 0 heterocycles. The lowest BCUT2D eigenvalue weighted by atomic mass is 10.1. The maximum absolute atomic E-state index is 12.8. The van der Waals surface area contributed by atoms with E-state index in [0.29, 0.717) is 12.1 Å². The zero-order valence-corrected chi connectivity index (χ0v) is 15.1. The Morgan fingerprint density at radius 2 is 1.54 bits per heavy atom. The molecule has 9 heteroatoms. The average Bonchev–Trinajstić information content (AvgIpc) is 2.49. The van der Waals surface area contributed by atoms with Crippen molar-refractivity contribution in [3.8, 4) is 0 Å². The number of alkyl halides is 6. The highest BCUT2D eigenvalue weighted by Gasteiger charge is 2.36. The van der Waals surface area contributed by atoms with Crippen LogP contribution in [0.2, 0.25) is 0 Å². The highest BCUT2D eigenvalue weighted by Crippen LogP contribution is 2.37. The average molecular weight is 399 g/mol. The van der Waals surface area contributed by atoms with Gasteiger partial charge in [0.2, 0.25) is 5.91 Å². The van der Waals surface area contributed by atoms with Gasteiger partial charge < -0.3 is 5.32 Å². The molecule has 146 valence electrons. The molecule has 26 heavy (non-hydrogen) atoms. The SMILES string of the molecule is CC(C)C(C)NC(=O)/C=C\SCc1cc(C(F)(F)F)cc(C(F)(F)F)c1. The second-order valence-corrected chi connectivity index (χ2v) is 6.96. The Hall–Kier alpha value is -1.64. The minimum Gasteiger partial charge on any atom is -0.350 e. The molecule has 0 aliphatic rings. The molecule has 0 aliphatic heterocycles. The molecule has 1 amide bonds. The van der Waals surface area contributed by atoms with E-state index >= 15 is 0 Å². The molecule has 1 unspecified atom stereocenters. The molecule has 2 nitrogen and oxygen atoms in total. The minimum atomic E-state index is -4.87. The van der Waals surface area contributed by atoms with Crippen LogP contribution in [0.15, 0.2) is 29.7 Å². The smallest absolute Gasteiger partial charge is 0.350 e. The van der Waals surface area contributed by atoms with Gasteiger partial charge in [-0.1, -0.05) is 13.8 Å². The third-order valence-electron chi connectivity index (χ3n) is 3.58. The molecule has 1 aromatic carbocycles. The summed E-state index contributed by atoms with van der Waals surface area (Å²) in [4.78, 5) is 11.6. The molecule has 0 saturated carbocycles. The van der Waals surface area contributed by atoms with Crippen molar-refractivity contribution in [2.24, 2.45) is 5.92 Å². The van der Waals surface area contributed by atoms with Crippen molar-refractivity contribution in [3.05, 3.63) is 46.4 Å². The summed E-state index contributed by atoms with van der Waals surface area (Å²) in [7, 11) is 0. The highest BCUT2D eigenvalue weighted by molar-refractivity contribution is 8.01. The van der Waals surface area contributed by atoms with Gasteiger partial charge in [-0.25, -0.2) is 0 Å². The van der Waals surface area contributed by atoms with Crippen LogP contribution >= 0.6 is 11.8 Å². The fourth-order valence-electron chi connectivity index (χ4n) is 1.80. The Kier molecular flexibility index (Phi) is 7.61. The van der Waals surface area contributed by atoms with Crippen LogP contribution in [0, 0.1) is 5.92 Å². The number of hydrogen-bond donors (Lipinski definition) is 1. The number of halogens is 6. The van der Waals surface area contributed by atoms with Gasteiger partial charge in [0.1, 0.15) is 0 Å². The minimum absolute atomic E-state index is 0.0602. The van der Waals surface area contributed by atoms with Crippen molar-refractivity contribution in [1.82, 2.24) is 5.32 Å². The van der Waals surface area contributed by atoms with Crippen LogP contribution in [-0.4, -0.2) is 11.9 Å². The third kappa shape index (κ3) is 7.31. The van der Waals surface area contributed by atoms with Crippen LogP contribution < -0.4 is 5.32 Å². The first-order valence-electron chi connectivity index (χ1n) is 7.67. The van der Waals surface area contributed by atoms with E-state index < -0.39 is 23.5 Å². The lowest BCUT2D eigenvalue weighted by Crippen LogP contribution is -2.34. The Balaban J connectivity index is 2.81. The van der Waals surface area contributed by atoms with Gasteiger partial charge >= 0.3 is 12.4 Å². The van der Waals surface area contributed by atoms with Gasteiger partial charge in [0.05, 0.1) is 11.1 Å². The van der Waals surface area contributed by atoms with Crippen LogP contribution in [0.4, 0.5) is 26.3 Å². The van der Waals surface area contributed by atoms with Crippen molar-refractivity contribution in [1.29, 1.82) is 0 Å². The molecule has 1 atom stereocenters. The van der Waals surface area contributed by atoms with E-state index in [1.807, 2.05) is 20.8 Å². The summed E-state index contributed by atoms with van der Waals surface area (Å²) in [5.41, 5.74) is -2.83. The van der Waals surface area contributed by atoms with Gasteiger partial charge in [-0.2, -0.15) is 26.3 Å². The van der Waals surface area contributed by atoms with Gasteiger partial charge in [0.25, 0.3) is 0 Å². The predicted octanol–water partition coefficient (Wildman–Crippen LogP) is 5.63. The molecule has 0 fully saturated rings. The summed E-state index contributed by atoms with van der Waals surface area (Å²) in [5, 5.41) is 4.04. The fourth-order valence-corrected chi connectivity index (χ4v) is 2.47. The van der Waals surface area contributed by atoms with Crippen LogP contribution in [-0.2, 0) is 22.9 Å². The number of amides is 1. The van der Waals surface area contributed by atoms with Crippen LogP contribution in [0.1, 0.15) is 37.5 Å². The van der Waals surface area contributed by atoms with Gasteiger partial charge in [-0.3, -0.25) is 4.79 Å². The van der Waals surface area contributed by atoms with Gasteiger partial charge in [-0.05, 0) is 42.0 Å². The summed E-state index contributed by atoms with van der Waals surface area (Å²) < 4.78 is 76.7. The van der Waals surface area contributed by atoms with E-state index in [1.165, 1.54) is 11.5 Å². The third-order valence-corrected chi connectivity index (χ3v) is 4.41. The number of carbonyl (C=O) groups excluding carboxylic acids is 1. The summed E-state index contributed by atoms with van der Waals surface area (Å²) in [6, 6.07) is 1.38. The van der Waals surface area contributed by atoms with Crippen LogP contribution in [0.25, 0.3) is 0 Å². The van der Waals surface area contributed by atoms with Crippen molar-refractivity contribution in [2.45, 2.75) is 44.9 Å². The molecule has 1 aromatic rings. The maximum Gasteiger partial charge on any atom is 0.416 e. The molecule has 0 saturated heterocycles. The second-order valence-electron chi connectivity index (χ2n) is 6.07. The van der Waals surface area contributed by atoms with Crippen molar-refractivity contribution in [3.63, 3.8) is 0 Å². The first-order chi connectivity index (χ1) is 11.8. The molecule has 1 rings (SSSR count). The Bertz CT molecular complexity index is 619. The highest BCUT2D eigenvalue weighted by atomic mass is 32.2. The predicted molar refractivity (Wildman–Crippen MR) is 89.3 cm³/mol. The summed E-state index contributed by atoms with van der Waals surface area (Å²) in [6.45, 7) is 5.68. The molecule has 0 radical (unpaired) electrons. The van der Waals surface area contributed by atoms with Crippen molar-refractivity contribution in [2.75, 3.05) is 0 Å². The van der Waals surface area contributed by atoms with Crippen molar-refractivity contribution < 1.29 is 31.1 Å². The molecular formula is C17H19F6NOS.